The molecule has 0 saturated heterocycles. The van der Waals surface area contributed by atoms with Crippen LogP contribution < -0.4 is 10.5 Å². The molecule has 2 aromatic heterocycles. The normalized spacial score (nSPS) is 23.2. The zero-order chi connectivity index (χ0) is 26.3. The zero-order valence-corrected chi connectivity index (χ0v) is 22.1. The van der Waals surface area contributed by atoms with Gasteiger partial charge in [0.15, 0.2) is 0 Å². The zero-order valence-electron chi connectivity index (χ0n) is 19.8. The minimum atomic E-state index is -4.10. The van der Waals surface area contributed by atoms with Crippen molar-refractivity contribution < 1.29 is 27.2 Å². The highest BCUT2D eigenvalue weighted by molar-refractivity contribution is 7.84. The van der Waals surface area contributed by atoms with Crippen LogP contribution in [0.2, 0.25) is 5.02 Å². The van der Waals surface area contributed by atoms with Gasteiger partial charge in [0.1, 0.15) is 18.2 Å². The summed E-state index contributed by atoms with van der Waals surface area (Å²) in [4.78, 5) is 23.3. The Morgan fingerprint density at radius 2 is 2.14 bits per heavy atom. The van der Waals surface area contributed by atoms with Gasteiger partial charge in [0.05, 0.1) is 29.8 Å². The summed E-state index contributed by atoms with van der Waals surface area (Å²) in [6.07, 6.45) is 2.46. The molecule has 3 heterocycles. The lowest BCUT2D eigenvalue weighted by Gasteiger charge is -2.15. The Bertz CT molecular complexity index is 1450. The minimum Gasteiger partial charge on any atom is -0.393 e. The summed E-state index contributed by atoms with van der Waals surface area (Å²) in [5.41, 5.74) is 3.28. The Kier molecular flexibility index (Phi) is 7.33. The van der Waals surface area contributed by atoms with E-state index in [4.69, 9.17) is 21.5 Å². The van der Waals surface area contributed by atoms with E-state index in [1.54, 1.807) is 0 Å². The van der Waals surface area contributed by atoms with Gasteiger partial charge in [-0.25, -0.2) is 15.1 Å². The van der Waals surface area contributed by atoms with Crippen LogP contribution in [-0.4, -0.2) is 48.0 Å². The maximum Gasteiger partial charge on any atom is 0.333 e. The standard InChI is InChI=1S/C24H25ClN4O6S2/c1-12-17(23-18-5-15(25)3-2-13(18)9-34-23)7-21(36-12)22(31)19-8-27-11-28-24(19)29-16-4-14(20(30)6-16)10-35-37(26,32)33/h2-3,5,7-8,11,14,16,20,23,30H,4,6,9-10H2,1H3,(H2,26,32,33)(H,27,28,29)/t14-,16-,20+,23?/m1/s1. The van der Waals surface area contributed by atoms with Crippen molar-refractivity contribution in [2.45, 2.75) is 44.6 Å². The first-order valence-corrected chi connectivity index (χ1v) is 14.2. The third-order valence-corrected chi connectivity index (χ3v) is 8.42. The van der Waals surface area contributed by atoms with Crippen molar-refractivity contribution in [2.24, 2.45) is 11.1 Å². The second-order valence-corrected chi connectivity index (χ2v) is 12.1. The molecule has 1 aliphatic heterocycles. The van der Waals surface area contributed by atoms with E-state index in [1.165, 1.54) is 23.9 Å². The summed E-state index contributed by atoms with van der Waals surface area (Å²) in [5, 5.41) is 19.1. The number of rotatable bonds is 8. The van der Waals surface area contributed by atoms with Crippen LogP contribution in [0.1, 0.15) is 55.7 Å². The van der Waals surface area contributed by atoms with Gasteiger partial charge in [-0.05, 0) is 54.7 Å². The van der Waals surface area contributed by atoms with Gasteiger partial charge in [0.25, 0.3) is 0 Å². The van der Waals surface area contributed by atoms with Gasteiger partial charge in [0, 0.05) is 28.1 Å². The molecule has 37 heavy (non-hydrogen) atoms. The summed E-state index contributed by atoms with van der Waals surface area (Å²) in [6, 6.07) is 7.29. The van der Waals surface area contributed by atoms with Gasteiger partial charge in [-0.3, -0.25) is 8.98 Å². The van der Waals surface area contributed by atoms with Crippen molar-refractivity contribution >= 4 is 44.8 Å². The van der Waals surface area contributed by atoms with Crippen molar-refractivity contribution in [3.8, 4) is 0 Å². The van der Waals surface area contributed by atoms with Gasteiger partial charge >= 0.3 is 10.3 Å². The summed E-state index contributed by atoms with van der Waals surface area (Å²) >= 11 is 7.58. The highest BCUT2D eigenvalue weighted by Gasteiger charge is 2.35. The number of aromatic nitrogens is 2. The molecule has 10 nitrogen and oxygen atoms in total. The number of nitrogens with zero attached hydrogens (tertiary/aromatic N) is 2. The van der Waals surface area contributed by atoms with Gasteiger partial charge in [0.2, 0.25) is 5.78 Å². The molecule has 1 saturated carbocycles. The Morgan fingerprint density at radius 3 is 2.92 bits per heavy atom. The van der Waals surface area contributed by atoms with Crippen LogP contribution in [0.5, 0.6) is 0 Å². The van der Waals surface area contributed by atoms with Crippen molar-refractivity contribution in [1.82, 2.24) is 9.97 Å². The van der Waals surface area contributed by atoms with Gasteiger partial charge in [-0.1, -0.05) is 17.7 Å². The molecule has 0 amide bonds. The number of nitrogens with one attached hydrogen (secondary N) is 1. The Balaban J connectivity index is 1.34. The molecule has 1 aliphatic carbocycles. The van der Waals surface area contributed by atoms with Gasteiger partial charge in [-0.2, -0.15) is 8.42 Å². The lowest BCUT2D eigenvalue weighted by Crippen LogP contribution is -2.24. The molecule has 13 heteroatoms. The molecule has 3 aromatic rings. The average molecular weight is 565 g/mol. The molecule has 2 aliphatic rings. The lowest BCUT2D eigenvalue weighted by atomic mass is 9.99. The van der Waals surface area contributed by atoms with Gasteiger partial charge < -0.3 is 15.2 Å². The van der Waals surface area contributed by atoms with Crippen LogP contribution in [-0.2, 0) is 25.8 Å². The molecule has 0 spiro atoms. The molecule has 196 valence electrons. The third-order valence-electron chi connectivity index (χ3n) is 6.66. The molecule has 0 radical (unpaired) electrons. The number of benzene rings is 1. The molecular weight excluding hydrogens is 540 g/mol. The van der Waals surface area contributed by atoms with Crippen molar-refractivity contribution in [2.75, 3.05) is 11.9 Å². The van der Waals surface area contributed by atoms with Gasteiger partial charge in [-0.15, -0.1) is 11.3 Å². The van der Waals surface area contributed by atoms with Crippen LogP contribution in [0, 0.1) is 12.8 Å². The number of halogens is 1. The van der Waals surface area contributed by atoms with E-state index >= 15 is 0 Å². The van der Waals surface area contributed by atoms with Crippen LogP contribution in [0.4, 0.5) is 5.82 Å². The van der Waals surface area contributed by atoms with E-state index in [-0.39, 0.29) is 24.5 Å². The molecular formula is C24H25ClN4O6S2. The van der Waals surface area contributed by atoms with E-state index in [2.05, 4.69) is 19.5 Å². The smallest absolute Gasteiger partial charge is 0.333 e. The quantitative estimate of drug-likeness (QED) is 0.350. The first kappa shape index (κ1) is 26.2. The number of nitrogens with two attached hydrogens (primary N) is 1. The van der Waals surface area contributed by atoms with E-state index in [0.29, 0.717) is 40.7 Å². The number of carbonyl (C=O) groups is 1. The molecule has 0 bridgehead atoms. The molecule has 1 unspecified atom stereocenters. The van der Waals surface area contributed by atoms with Crippen molar-refractivity contribution in [3.63, 3.8) is 0 Å². The highest BCUT2D eigenvalue weighted by Crippen LogP contribution is 2.41. The van der Waals surface area contributed by atoms with E-state index in [9.17, 15) is 18.3 Å². The highest BCUT2D eigenvalue weighted by atomic mass is 35.5. The fourth-order valence-corrected chi connectivity index (χ4v) is 6.40. The number of aliphatic hydroxyl groups excluding tert-OH is 1. The van der Waals surface area contributed by atoms with E-state index in [0.717, 1.165) is 21.6 Å². The third kappa shape index (κ3) is 5.70. The lowest BCUT2D eigenvalue weighted by molar-refractivity contribution is 0.0937. The Labute approximate surface area is 223 Å². The number of hydrogen-bond acceptors (Lipinski definition) is 10. The van der Waals surface area contributed by atoms with Crippen LogP contribution in [0.25, 0.3) is 0 Å². The van der Waals surface area contributed by atoms with Crippen molar-refractivity contribution in [1.29, 1.82) is 0 Å². The molecule has 1 aromatic carbocycles. The second-order valence-electron chi connectivity index (χ2n) is 9.19. The second kappa shape index (κ2) is 10.4. The number of ketones is 1. The summed E-state index contributed by atoms with van der Waals surface area (Å²) in [7, 11) is -4.10. The molecule has 4 N–H and O–H groups in total. The largest absolute Gasteiger partial charge is 0.393 e. The Morgan fingerprint density at radius 1 is 1.32 bits per heavy atom. The number of anilines is 1. The maximum absolute atomic E-state index is 13.5. The summed E-state index contributed by atoms with van der Waals surface area (Å²) < 4.78 is 32.9. The number of fused-ring (bicyclic) bond motifs is 1. The molecule has 5 rings (SSSR count). The summed E-state index contributed by atoms with van der Waals surface area (Å²) in [5.74, 6) is -0.325. The molecule has 1 fully saturated rings. The van der Waals surface area contributed by atoms with E-state index < -0.39 is 22.3 Å². The van der Waals surface area contributed by atoms with Crippen molar-refractivity contribution in [3.05, 3.63) is 73.8 Å². The topological polar surface area (TPSA) is 154 Å². The number of aryl methyl sites for hydroxylation is 1. The number of ether oxygens (including phenoxy) is 1. The summed E-state index contributed by atoms with van der Waals surface area (Å²) in [6.45, 7) is 2.21. The predicted molar refractivity (Wildman–Crippen MR) is 138 cm³/mol. The van der Waals surface area contributed by atoms with Crippen LogP contribution in [0.15, 0.2) is 36.8 Å². The number of hydrogen-bond donors (Lipinski definition) is 3. The maximum atomic E-state index is 13.5. The average Bonchev–Trinajstić information content (AvgIpc) is 3.53. The van der Waals surface area contributed by atoms with Crippen LogP contribution in [0.3, 0.4) is 0 Å². The first-order valence-electron chi connectivity index (χ1n) is 11.6. The predicted octanol–water partition coefficient (Wildman–Crippen LogP) is 3.12. The fourth-order valence-electron chi connectivity index (χ4n) is 4.85. The fraction of sp³-hybridized carbons (Fsp3) is 0.375. The monoisotopic (exact) mass is 564 g/mol. The number of aliphatic hydroxyl groups is 1. The number of carbonyl (C=O) groups excluding carboxylic acids is 1. The molecule has 4 atom stereocenters. The van der Waals surface area contributed by atoms with Crippen LogP contribution >= 0.6 is 22.9 Å². The van der Waals surface area contributed by atoms with E-state index in [1.807, 2.05) is 31.2 Å². The number of thiophene rings is 1. The Hall–Kier alpha value is -2.45. The first-order chi connectivity index (χ1) is 17.6. The SMILES string of the molecule is Cc1sc(C(=O)c2cncnc2N[C@@H]2C[C@H](COS(N)(=O)=O)[C@@H](O)C2)cc1C1OCc2ccc(Cl)cc21. The minimum absolute atomic E-state index is 0.220.